The minimum absolute atomic E-state index is 0.0823. The van der Waals surface area contributed by atoms with E-state index in [0.717, 1.165) is 6.42 Å². The van der Waals surface area contributed by atoms with Gasteiger partial charge in [-0.1, -0.05) is 18.5 Å². The van der Waals surface area contributed by atoms with Crippen LogP contribution in [0.4, 0.5) is 11.4 Å². The number of hydrogen-bond donors (Lipinski definition) is 2. The Morgan fingerprint density at radius 3 is 2.44 bits per heavy atom. The van der Waals surface area contributed by atoms with Crippen molar-refractivity contribution in [3.05, 3.63) is 53.1 Å². The van der Waals surface area contributed by atoms with Crippen LogP contribution >= 0.6 is 11.6 Å². The molecule has 7 heteroatoms. The lowest BCUT2D eigenvalue weighted by molar-refractivity contribution is -0.116. The largest absolute Gasteiger partial charge is 0.491 e. The molecule has 0 aliphatic heterocycles. The van der Waals surface area contributed by atoms with Gasteiger partial charge in [-0.25, -0.2) is 0 Å². The number of nitrogens with one attached hydrogen (secondary N) is 2. The van der Waals surface area contributed by atoms with E-state index in [4.69, 9.17) is 21.1 Å². The lowest BCUT2D eigenvalue weighted by Gasteiger charge is -2.11. The second-order valence-electron chi connectivity index (χ2n) is 5.81. The predicted octanol–water partition coefficient (Wildman–Crippen LogP) is 4.36. The molecule has 2 rings (SSSR count). The fourth-order valence-electron chi connectivity index (χ4n) is 2.29. The van der Waals surface area contributed by atoms with Crippen molar-refractivity contribution in [1.82, 2.24) is 0 Å². The number of carbonyl (C=O) groups excluding carboxylic acids is 2. The third-order valence-electron chi connectivity index (χ3n) is 3.65. The van der Waals surface area contributed by atoms with Crippen LogP contribution in [-0.2, 0) is 9.53 Å². The molecule has 2 N–H and O–H groups in total. The summed E-state index contributed by atoms with van der Waals surface area (Å²) in [6.07, 6.45) is 1.19. The van der Waals surface area contributed by atoms with Crippen LogP contribution in [0.25, 0.3) is 0 Å². The summed E-state index contributed by atoms with van der Waals surface area (Å²) in [4.78, 5) is 24.2. The van der Waals surface area contributed by atoms with Gasteiger partial charge in [0.25, 0.3) is 5.91 Å². The second-order valence-corrected chi connectivity index (χ2v) is 6.22. The fraction of sp³-hybridized carbons (Fsp3) is 0.300. The number of ether oxygens (including phenoxy) is 2. The summed E-state index contributed by atoms with van der Waals surface area (Å²) in [5.74, 6) is 0.265. The summed E-state index contributed by atoms with van der Waals surface area (Å²) < 4.78 is 10.4. The SMILES string of the molecule is CCCC(=O)Nc1ccc(Cl)c(NC(=O)c2ccc(OCCOC)cc2)c1. The maximum atomic E-state index is 12.5. The summed E-state index contributed by atoms with van der Waals surface area (Å²) in [6, 6.07) is 11.7. The van der Waals surface area contributed by atoms with Crippen LogP contribution in [-0.4, -0.2) is 32.1 Å². The molecule has 2 amide bonds. The van der Waals surface area contributed by atoms with Crippen LogP contribution in [0.2, 0.25) is 5.02 Å². The predicted molar refractivity (Wildman–Crippen MR) is 107 cm³/mol. The molecule has 6 nitrogen and oxygen atoms in total. The Morgan fingerprint density at radius 2 is 1.78 bits per heavy atom. The quantitative estimate of drug-likeness (QED) is 0.624. The Bertz CT molecular complexity index is 778. The maximum absolute atomic E-state index is 12.5. The molecule has 0 radical (unpaired) electrons. The number of anilines is 2. The number of halogens is 1. The van der Waals surface area contributed by atoms with Crippen LogP contribution in [0, 0.1) is 0 Å². The normalized spacial score (nSPS) is 10.3. The Hall–Kier alpha value is -2.57. The van der Waals surface area contributed by atoms with E-state index in [1.165, 1.54) is 0 Å². The maximum Gasteiger partial charge on any atom is 0.255 e. The first-order chi connectivity index (χ1) is 13.0. The molecule has 0 saturated heterocycles. The molecule has 2 aromatic carbocycles. The lowest BCUT2D eigenvalue weighted by atomic mass is 10.2. The molecule has 0 atom stereocenters. The summed E-state index contributed by atoms with van der Waals surface area (Å²) in [5.41, 5.74) is 1.47. The van der Waals surface area contributed by atoms with Gasteiger partial charge in [-0.2, -0.15) is 0 Å². The van der Waals surface area contributed by atoms with Gasteiger partial charge in [0.05, 0.1) is 17.3 Å². The number of rotatable bonds is 9. The highest BCUT2D eigenvalue weighted by Gasteiger charge is 2.11. The summed E-state index contributed by atoms with van der Waals surface area (Å²) >= 11 is 6.16. The number of methoxy groups -OCH3 is 1. The van der Waals surface area contributed by atoms with Gasteiger partial charge < -0.3 is 20.1 Å². The third-order valence-corrected chi connectivity index (χ3v) is 3.98. The molecule has 0 fully saturated rings. The zero-order chi connectivity index (χ0) is 19.6. The fourth-order valence-corrected chi connectivity index (χ4v) is 2.45. The first-order valence-electron chi connectivity index (χ1n) is 8.66. The van der Waals surface area contributed by atoms with Crippen molar-refractivity contribution >= 4 is 34.8 Å². The van der Waals surface area contributed by atoms with Crippen molar-refractivity contribution in [2.75, 3.05) is 31.0 Å². The Balaban J connectivity index is 2.03. The van der Waals surface area contributed by atoms with E-state index in [-0.39, 0.29) is 11.8 Å². The van der Waals surface area contributed by atoms with Gasteiger partial charge in [0.1, 0.15) is 12.4 Å². The number of amides is 2. The Kier molecular flexibility index (Phi) is 8.10. The summed E-state index contributed by atoms with van der Waals surface area (Å²) in [5, 5.41) is 5.93. The van der Waals surface area contributed by atoms with Crippen molar-refractivity contribution < 1.29 is 19.1 Å². The average molecular weight is 391 g/mol. The number of benzene rings is 2. The standard InChI is InChI=1S/C20H23ClN2O4/c1-3-4-19(24)22-15-7-10-17(21)18(13-15)23-20(25)14-5-8-16(9-6-14)27-12-11-26-2/h5-10,13H,3-4,11-12H2,1-2H3,(H,22,24)(H,23,25). The molecule has 0 aromatic heterocycles. The molecule has 0 unspecified atom stereocenters. The second kappa shape index (κ2) is 10.5. The van der Waals surface area contributed by atoms with Crippen LogP contribution in [0.1, 0.15) is 30.1 Å². The topological polar surface area (TPSA) is 76.7 Å². The van der Waals surface area contributed by atoms with Gasteiger partial charge in [0.2, 0.25) is 5.91 Å². The average Bonchev–Trinajstić information content (AvgIpc) is 2.65. The van der Waals surface area contributed by atoms with Crippen molar-refractivity contribution in [1.29, 1.82) is 0 Å². The van der Waals surface area contributed by atoms with E-state index in [0.29, 0.717) is 47.3 Å². The molecule has 2 aromatic rings. The van der Waals surface area contributed by atoms with Gasteiger partial charge in [-0.3, -0.25) is 9.59 Å². The Labute approximate surface area is 163 Å². The molecule has 0 aliphatic carbocycles. The molecule has 0 bridgehead atoms. The zero-order valence-electron chi connectivity index (χ0n) is 15.4. The van der Waals surface area contributed by atoms with E-state index in [1.807, 2.05) is 6.92 Å². The van der Waals surface area contributed by atoms with E-state index >= 15 is 0 Å². The lowest BCUT2D eigenvalue weighted by Crippen LogP contribution is -2.14. The van der Waals surface area contributed by atoms with Crippen LogP contribution in [0.5, 0.6) is 5.75 Å². The smallest absolute Gasteiger partial charge is 0.255 e. The summed E-state index contributed by atoms with van der Waals surface area (Å²) in [6.45, 7) is 2.86. The number of hydrogen-bond acceptors (Lipinski definition) is 4. The molecular weight excluding hydrogens is 368 g/mol. The van der Waals surface area contributed by atoms with E-state index in [1.54, 1.807) is 49.6 Å². The minimum atomic E-state index is -0.308. The van der Waals surface area contributed by atoms with Gasteiger partial charge in [-0.05, 0) is 48.9 Å². The van der Waals surface area contributed by atoms with E-state index in [9.17, 15) is 9.59 Å². The van der Waals surface area contributed by atoms with Crippen LogP contribution in [0.15, 0.2) is 42.5 Å². The molecule has 0 saturated carbocycles. The molecular formula is C20H23ClN2O4. The van der Waals surface area contributed by atoms with Gasteiger partial charge in [0, 0.05) is 24.8 Å². The first kappa shape index (κ1) is 20.7. The van der Waals surface area contributed by atoms with Crippen molar-refractivity contribution in [3.63, 3.8) is 0 Å². The molecule has 0 aliphatic rings. The minimum Gasteiger partial charge on any atom is -0.491 e. The van der Waals surface area contributed by atoms with Crippen molar-refractivity contribution in [3.8, 4) is 5.75 Å². The monoisotopic (exact) mass is 390 g/mol. The highest BCUT2D eigenvalue weighted by atomic mass is 35.5. The Morgan fingerprint density at radius 1 is 1.04 bits per heavy atom. The zero-order valence-corrected chi connectivity index (χ0v) is 16.1. The molecule has 144 valence electrons. The van der Waals surface area contributed by atoms with Crippen molar-refractivity contribution in [2.45, 2.75) is 19.8 Å². The van der Waals surface area contributed by atoms with Crippen LogP contribution < -0.4 is 15.4 Å². The van der Waals surface area contributed by atoms with Crippen molar-refractivity contribution in [2.24, 2.45) is 0 Å². The summed E-state index contributed by atoms with van der Waals surface area (Å²) in [7, 11) is 1.60. The van der Waals surface area contributed by atoms with Gasteiger partial charge >= 0.3 is 0 Å². The third kappa shape index (κ3) is 6.58. The molecule has 0 heterocycles. The number of carbonyl (C=O) groups is 2. The molecule has 27 heavy (non-hydrogen) atoms. The van der Waals surface area contributed by atoms with Gasteiger partial charge in [-0.15, -0.1) is 0 Å². The van der Waals surface area contributed by atoms with Crippen LogP contribution in [0.3, 0.4) is 0 Å². The van der Waals surface area contributed by atoms with E-state index < -0.39 is 0 Å². The highest BCUT2D eigenvalue weighted by molar-refractivity contribution is 6.34. The molecule has 0 spiro atoms. The first-order valence-corrected chi connectivity index (χ1v) is 9.03. The van der Waals surface area contributed by atoms with E-state index in [2.05, 4.69) is 10.6 Å². The van der Waals surface area contributed by atoms with Gasteiger partial charge in [0.15, 0.2) is 0 Å². The highest BCUT2D eigenvalue weighted by Crippen LogP contribution is 2.26.